The number of ether oxygens (including phenoxy) is 1. The maximum absolute atomic E-state index is 11.1. The number of aromatic nitrogens is 2. The number of benzene rings is 2. The van der Waals surface area contributed by atoms with Gasteiger partial charge in [0.1, 0.15) is 0 Å². The second-order valence-electron chi connectivity index (χ2n) is 4.81. The summed E-state index contributed by atoms with van der Waals surface area (Å²) in [6.07, 6.45) is 0. The number of nitrogens with zero attached hydrogens (tertiary/aromatic N) is 3. The molecule has 0 aliphatic carbocycles. The average molecular weight is 330 g/mol. The summed E-state index contributed by atoms with van der Waals surface area (Å²) in [4.78, 5) is 10.6. The molecule has 3 aromatic rings. The second kappa shape index (κ2) is 6.10. The van der Waals surface area contributed by atoms with Crippen molar-refractivity contribution in [1.29, 1.82) is 0 Å². The van der Waals surface area contributed by atoms with Crippen molar-refractivity contribution in [1.82, 2.24) is 9.78 Å². The van der Waals surface area contributed by atoms with E-state index in [1.807, 2.05) is 12.1 Å². The van der Waals surface area contributed by atoms with Gasteiger partial charge in [0.15, 0.2) is 0 Å². The zero-order valence-corrected chi connectivity index (χ0v) is 12.9. The van der Waals surface area contributed by atoms with Crippen molar-refractivity contribution in [3.63, 3.8) is 0 Å². The highest BCUT2D eigenvalue weighted by atomic mass is 35.5. The van der Waals surface area contributed by atoms with E-state index in [0.717, 1.165) is 0 Å². The Hall–Kier alpha value is -2.86. The van der Waals surface area contributed by atoms with E-state index in [1.165, 1.54) is 16.8 Å². The molecule has 0 unspecified atom stereocenters. The van der Waals surface area contributed by atoms with Crippen LogP contribution in [0.4, 0.5) is 5.69 Å². The molecule has 0 saturated carbocycles. The van der Waals surface area contributed by atoms with Gasteiger partial charge in [-0.15, -0.1) is 0 Å². The molecule has 0 N–H and O–H groups in total. The first-order chi connectivity index (χ1) is 11.1. The molecular formula is C16H12ClN3O3. The first-order valence-corrected chi connectivity index (χ1v) is 7.17. The summed E-state index contributed by atoms with van der Waals surface area (Å²) >= 11 is 6.20. The minimum absolute atomic E-state index is 0.114. The van der Waals surface area contributed by atoms with Gasteiger partial charge in [-0.25, -0.2) is 0 Å². The Morgan fingerprint density at radius 3 is 2.61 bits per heavy atom. The van der Waals surface area contributed by atoms with E-state index in [9.17, 15) is 10.1 Å². The zero-order chi connectivity index (χ0) is 16.4. The molecule has 2 aromatic carbocycles. The van der Waals surface area contributed by atoms with Crippen LogP contribution < -0.4 is 4.74 Å². The van der Waals surface area contributed by atoms with Gasteiger partial charge in [-0.1, -0.05) is 35.9 Å². The molecular weight excluding hydrogens is 318 g/mol. The van der Waals surface area contributed by atoms with E-state index in [1.54, 1.807) is 37.3 Å². The largest absolute Gasteiger partial charge is 0.432 e. The lowest BCUT2D eigenvalue weighted by Crippen LogP contribution is -2.01. The van der Waals surface area contributed by atoms with Crippen LogP contribution in [-0.4, -0.2) is 14.7 Å². The van der Waals surface area contributed by atoms with Crippen molar-refractivity contribution in [2.45, 2.75) is 6.92 Å². The van der Waals surface area contributed by atoms with Gasteiger partial charge < -0.3 is 4.74 Å². The predicted octanol–water partition coefficient (Wildman–Crippen LogP) is 4.53. The molecule has 0 atom stereocenters. The Labute approximate surface area is 137 Å². The van der Waals surface area contributed by atoms with Gasteiger partial charge in [-0.2, -0.15) is 9.78 Å². The van der Waals surface area contributed by atoms with Crippen LogP contribution in [0.1, 0.15) is 5.69 Å². The molecule has 116 valence electrons. The van der Waals surface area contributed by atoms with Crippen LogP contribution in [0.5, 0.6) is 11.6 Å². The van der Waals surface area contributed by atoms with Gasteiger partial charge >= 0.3 is 5.69 Å². The molecule has 7 heteroatoms. The number of aryl methyl sites for hydroxylation is 1. The van der Waals surface area contributed by atoms with E-state index in [0.29, 0.717) is 22.3 Å². The molecule has 3 rings (SSSR count). The molecule has 1 aromatic heterocycles. The monoisotopic (exact) mass is 329 g/mol. The summed E-state index contributed by atoms with van der Waals surface area (Å²) in [6.45, 7) is 1.81. The highest BCUT2D eigenvalue weighted by Crippen LogP contribution is 2.33. The van der Waals surface area contributed by atoms with Gasteiger partial charge in [0.05, 0.1) is 21.3 Å². The average Bonchev–Trinajstić information content (AvgIpc) is 2.88. The summed E-state index contributed by atoms with van der Waals surface area (Å²) in [5.41, 5.74) is 1.23. The molecule has 0 saturated heterocycles. The van der Waals surface area contributed by atoms with Gasteiger partial charge in [-0.3, -0.25) is 10.1 Å². The van der Waals surface area contributed by atoms with Crippen LogP contribution in [0.15, 0.2) is 54.6 Å². The van der Waals surface area contributed by atoms with Crippen molar-refractivity contribution in [3.8, 4) is 17.3 Å². The summed E-state index contributed by atoms with van der Waals surface area (Å²) in [7, 11) is 0. The second-order valence-corrected chi connectivity index (χ2v) is 5.22. The molecule has 6 nitrogen and oxygen atoms in total. The van der Waals surface area contributed by atoms with Crippen LogP contribution in [-0.2, 0) is 0 Å². The molecule has 0 radical (unpaired) electrons. The number of halogens is 1. The number of nitro benzene ring substituents is 1. The number of rotatable bonds is 4. The third-order valence-electron chi connectivity index (χ3n) is 3.16. The fraction of sp³-hybridized carbons (Fsp3) is 0.0625. The quantitative estimate of drug-likeness (QED) is 0.520. The van der Waals surface area contributed by atoms with Crippen molar-refractivity contribution < 1.29 is 9.66 Å². The molecule has 0 spiro atoms. The highest BCUT2D eigenvalue weighted by molar-refractivity contribution is 6.32. The summed E-state index contributed by atoms with van der Waals surface area (Å²) < 4.78 is 7.25. The summed E-state index contributed by atoms with van der Waals surface area (Å²) in [5.74, 6) is 0.496. The molecule has 0 amide bonds. The van der Waals surface area contributed by atoms with E-state index < -0.39 is 4.92 Å². The minimum atomic E-state index is -0.488. The SMILES string of the molecule is Cc1cc(Oc2ccccc2[N+](=O)[O-])n(-c2ccccc2Cl)n1. The molecule has 23 heavy (non-hydrogen) atoms. The van der Waals surface area contributed by atoms with Crippen LogP contribution in [0.3, 0.4) is 0 Å². The fourth-order valence-corrected chi connectivity index (χ4v) is 2.37. The van der Waals surface area contributed by atoms with Crippen molar-refractivity contribution >= 4 is 17.3 Å². The third kappa shape index (κ3) is 3.02. The predicted molar refractivity (Wildman–Crippen MR) is 86.5 cm³/mol. The fourth-order valence-electron chi connectivity index (χ4n) is 2.15. The Morgan fingerprint density at radius 2 is 1.87 bits per heavy atom. The van der Waals surface area contributed by atoms with Crippen molar-refractivity contribution in [2.24, 2.45) is 0 Å². The zero-order valence-electron chi connectivity index (χ0n) is 12.1. The number of para-hydroxylation sites is 3. The van der Waals surface area contributed by atoms with Gasteiger partial charge in [-0.05, 0) is 25.1 Å². The van der Waals surface area contributed by atoms with E-state index >= 15 is 0 Å². The lowest BCUT2D eigenvalue weighted by Gasteiger charge is -2.10. The standard InChI is InChI=1S/C16H12ClN3O3/c1-11-10-16(19(18-11)13-7-3-2-6-12(13)17)23-15-9-5-4-8-14(15)20(21)22/h2-10H,1H3. The van der Waals surface area contributed by atoms with E-state index in [-0.39, 0.29) is 11.4 Å². The number of hydrogen-bond donors (Lipinski definition) is 0. The Kier molecular flexibility index (Phi) is 3.99. The van der Waals surface area contributed by atoms with Crippen LogP contribution in [0.25, 0.3) is 5.69 Å². The van der Waals surface area contributed by atoms with Crippen molar-refractivity contribution in [2.75, 3.05) is 0 Å². The van der Waals surface area contributed by atoms with Gasteiger partial charge in [0.2, 0.25) is 11.6 Å². The molecule has 0 aliphatic heterocycles. The normalized spacial score (nSPS) is 10.5. The number of nitro groups is 1. The maximum atomic E-state index is 11.1. The van der Waals surface area contributed by atoms with Gasteiger partial charge in [0, 0.05) is 12.1 Å². The molecule has 1 heterocycles. The first kappa shape index (κ1) is 15.1. The van der Waals surface area contributed by atoms with E-state index in [2.05, 4.69) is 5.10 Å². The highest BCUT2D eigenvalue weighted by Gasteiger charge is 2.18. The third-order valence-corrected chi connectivity index (χ3v) is 3.48. The maximum Gasteiger partial charge on any atom is 0.311 e. The lowest BCUT2D eigenvalue weighted by atomic mass is 10.3. The number of hydrogen-bond acceptors (Lipinski definition) is 4. The van der Waals surface area contributed by atoms with Crippen LogP contribution in [0, 0.1) is 17.0 Å². The van der Waals surface area contributed by atoms with Gasteiger partial charge in [0.25, 0.3) is 0 Å². The summed E-state index contributed by atoms with van der Waals surface area (Å²) in [5, 5.41) is 16.0. The first-order valence-electron chi connectivity index (χ1n) is 6.79. The molecule has 0 aliphatic rings. The minimum Gasteiger partial charge on any atom is -0.432 e. The lowest BCUT2D eigenvalue weighted by molar-refractivity contribution is -0.385. The Bertz CT molecular complexity index is 877. The van der Waals surface area contributed by atoms with E-state index in [4.69, 9.17) is 16.3 Å². The van der Waals surface area contributed by atoms with Crippen LogP contribution in [0.2, 0.25) is 5.02 Å². The van der Waals surface area contributed by atoms with Crippen molar-refractivity contribution in [3.05, 3.63) is 75.4 Å². The summed E-state index contributed by atoms with van der Waals surface area (Å²) in [6, 6.07) is 15.0. The van der Waals surface area contributed by atoms with Crippen LogP contribution >= 0.6 is 11.6 Å². The Balaban J connectivity index is 2.06. The smallest absolute Gasteiger partial charge is 0.311 e. The topological polar surface area (TPSA) is 70.2 Å². The molecule has 0 bridgehead atoms. The molecule has 0 fully saturated rings. The Morgan fingerprint density at radius 1 is 1.17 bits per heavy atom.